The number of hydrogen-bond acceptors (Lipinski definition) is 3. The maximum atomic E-state index is 10.7. The Kier molecular flexibility index (Phi) is 6.82. The summed E-state index contributed by atoms with van der Waals surface area (Å²) in [6.45, 7) is 8.11. The molecular formula is C10H21NO2. The van der Waals surface area contributed by atoms with Crippen LogP contribution in [0.15, 0.2) is 0 Å². The van der Waals surface area contributed by atoms with Gasteiger partial charge in [0.2, 0.25) is 0 Å². The third-order valence-corrected chi connectivity index (χ3v) is 2.09. The highest BCUT2D eigenvalue weighted by Crippen LogP contribution is 1.97. The van der Waals surface area contributed by atoms with Gasteiger partial charge in [-0.3, -0.25) is 4.79 Å². The van der Waals surface area contributed by atoms with Gasteiger partial charge in [-0.05, 0) is 26.8 Å². The van der Waals surface area contributed by atoms with Gasteiger partial charge in [-0.15, -0.1) is 0 Å². The molecule has 13 heavy (non-hydrogen) atoms. The zero-order chi connectivity index (χ0) is 10.3. The van der Waals surface area contributed by atoms with Crippen LogP contribution < -0.4 is 0 Å². The summed E-state index contributed by atoms with van der Waals surface area (Å²) in [6, 6.07) is 0. The SMILES string of the molecule is CCN(CCC(C)=O)CCC(C)O. The summed E-state index contributed by atoms with van der Waals surface area (Å²) in [4.78, 5) is 12.9. The second-order valence-corrected chi connectivity index (χ2v) is 3.52. The lowest BCUT2D eigenvalue weighted by Crippen LogP contribution is -2.28. The zero-order valence-corrected chi connectivity index (χ0v) is 8.92. The highest BCUT2D eigenvalue weighted by molar-refractivity contribution is 5.75. The largest absolute Gasteiger partial charge is 0.393 e. The van der Waals surface area contributed by atoms with Crippen molar-refractivity contribution in [2.24, 2.45) is 0 Å². The average Bonchev–Trinajstić information content (AvgIpc) is 2.04. The van der Waals surface area contributed by atoms with Crippen LogP contribution in [0.4, 0.5) is 0 Å². The van der Waals surface area contributed by atoms with Crippen molar-refractivity contribution in [3.8, 4) is 0 Å². The second-order valence-electron chi connectivity index (χ2n) is 3.52. The molecule has 0 aliphatic heterocycles. The first kappa shape index (κ1) is 12.6. The highest BCUT2D eigenvalue weighted by Gasteiger charge is 2.05. The number of ketones is 1. The predicted octanol–water partition coefficient (Wildman–Crippen LogP) is 1.06. The van der Waals surface area contributed by atoms with Gasteiger partial charge in [0.25, 0.3) is 0 Å². The molecule has 0 rings (SSSR count). The van der Waals surface area contributed by atoms with E-state index in [9.17, 15) is 4.79 Å². The average molecular weight is 187 g/mol. The lowest BCUT2D eigenvalue weighted by Gasteiger charge is -2.20. The van der Waals surface area contributed by atoms with Crippen LogP contribution in [-0.2, 0) is 4.79 Å². The van der Waals surface area contributed by atoms with Crippen molar-refractivity contribution in [2.75, 3.05) is 19.6 Å². The van der Waals surface area contributed by atoms with Gasteiger partial charge in [-0.2, -0.15) is 0 Å². The van der Waals surface area contributed by atoms with E-state index in [1.807, 2.05) is 0 Å². The Morgan fingerprint density at radius 2 is 2.08 bits per heavy atom. The van der Waals surface area contributed by atoms with Gasteiger partial charge in [0.15, 0.2) is 0 Å². The van der Waals surface area contributed by atoms with E-state index >= 15 is 0 Å². The Hall–Kier alpha value is -0.410. The molecular weight excluding hydrogens is 166 g/mol. The van der Waals surface area contributed by atoms with Crippen LogP contribution in [0, 0.1) is 0 Å². The minimum absolute atomic E-state index is 0.232. The van der Waals surface area contributed by atoms with E-state index in [1.54, 1.807) is 13.8 Å². The van der Waals surface area contributed by atoms with Gasteiger partial charge in [-0.1, -0.05) is 6.92 Å². The molecule has 0 heterocycles. The van der Waals surface area contributed by atoms with E-state index < -0.39 is 0 Å². The summed E-state index contributed by atoms with van der Waals surface area (Å²) in [5.41, 5.74) is 0. The number of aliphatic hydroxyl groups excluding tert-OH is 1. The molecule has 78 valence electrons. The summed E-state index contributed by atoms with van der Waals surface area (Å²) in [5, 5.41) is 9.08. The molecule has 3 nitrogen and oxygen atoms in total. The van der Waals surface area contributed by atoms with Crippen LogP contribution >= 0.6 is 0 Å². The van der Waals surface area contributed by atoms with E-state index in [4.69, 9.17) is 5.11 Å². The van der Waals surface area contributed by atoms with E-state index in [2.05, 4.69) is 11.8 Å². The van der Waals surface area contributed by atoms with Crippen LogP contribution in [-0.4, -0.2) is 41.5 Å². The molecule has 0 saturated heterocycles. The highest BCUT2D eigenvalue weighted by atomic mass is 16.3. The molecule has 0 bridgehead atoms. The van der Waals surface area contributed by atoms with Crippen molar-refractivity contribution in [3.05, 3.63) is 0 Å². The van der Waals surface area contributed by atoms with Gasteiger partial charge in [-0.25, -0.2) is 0 Å². The van der Waals surface area contributed by atoms with Crippen LogP contribution in [0.1, 0.15) is 33.6 Å². The Balaban J connectivity index is 3.57. The number of Topliss-reactive ketones (excluding diaryl/α,β-unsaturated/α-hetero) is 1. The fraction of sp³-hybridized carbons (Fsp3) is 0.900. The van der Waals surface area contributed by atoms with Gasteiger partial charge in [0.1, 0.15) is 5.78 Å². The number of carbonyl (C=O) groups excluding carboxylic acids is 1. The smallest absolute Gasteiger partial charge is 0.131 e. The monoisotopic (exact) mass is 187 g/mol. The lowest BCUT2D eigenvalue weighted by molar-refractivity contribution is -0.117. The molecule has 0 saturated carbocycles. The first-order valence-corrected chi connectivity index (χ1v) is 4.96. The molecule has 3 heteroatoms. The minimum atomic E-state index is -0.244. The van der Waals surface area contributed by atoms with Crippen molar-refractivity contribution in [1.82, 2.24) is 4.90 Å². The summed E-state index contributed by atoms with van der Waals surface area (Å²) >= 11 is 0. The number of nitrogens with zero attached hydrogens (tertiary/aromatic N) is 1. The molecule has 1 atom stereocenters. The van der Waals surface area contributed by atoms with Crippen LogP contribution in [0.25, 0.3) is 0 Å². The van der Waals surface area contributed by atoms with Gasteiger partial charge >= 0.3 is 0 Å². The predicted molar refractivity (Wildman–Crippen MR) is 53.7 cm³/mol. The molecule has 0 fully saturated rings. The van der Waals surface area contributed by atoms with Crippen molar-refractivity contribution in [3.63, 3.8) is 0 Å². The quantitative estimate of drug-likeness (QED) is 0.648. The summed E-state index contributed by atoms with van der Waals surface area (Å²) in [6.07, 6.45) is 1.16. The summed E-state index contributed by atoms with van der Waals surface area (Å²) in [7, 11) is 0. The molecule has 0 spiro atoms. The number of hydrogen-bond donors (Lipinski definition) is 1. The molecule has 0 amide bonds. The molecule has 0 aliphatic carbocycles. The third kappa shape index (κ3) is 7.94. The molecule has 0 aromatic rings. The van der Waals surface area contributed by atoms with E-state index in [0.29, 0.717) is 6.42 Å². The maximum absolute atomic E-state index is 10.7. The maximum Gasteiger partial charge on any atom is 0.131 e. The first-order valence-electron chi connectivity index (χ1n) is 4.96. The van der Waals surface area contributed by atoms with Gasteiger partial charge in [0.05, 0.1) is 6.10 Å². The summed E-state index contributed by atoms with van der Waals surface area (Å²) < 4.78 is 0. The Morgan fingerprint density at radius 1 is 1.46 bits per heavy atom. The number of carbonyl (C=O) groups is 1. The van der Waals surface area contributed by atoms with Gasteiger partial charge < -0.3 is 10.0 Å². The molecule has 1 unspecified atom stereocenters. The van der Waals surface area contributed by atoms with Crippen LogP contribution in [0.5, 0.6) is 0 Å². The number of rotatable bonds is 7. The molecule has 0 aromatic carbocycles. The first-order chi connectivity index (χ1) is 6.06. The van der Waals surface area contributed by atoms with E-state index in [0.717, 1.165) is 26.1 Å². The Morgan fingerprint density at radius 3 is 2.46 bits per heavy atom. The third-order valence-electron chi connectivity index (χ3n) is 2.09. The van der Waals surface area contributed by atoms with Crippen molar-refractivity contribution in [1.29, 1.82) is 0 Å². The molecule has 0 aromatic heterocycles. The fourth-order valence-electron chi connectivity index (χ4n) is 1.11. The zero-order valence-electron chi connectivity index (χ0n) is 8.92. The van der Waals surface area contributed by atoms with E-state index in [1.165, 1.54) is 0 Å². The van der Waals surface area contributed by atoms with Gasteiger partial charge in [0, 0.05) is 19.5 Å². The number of aliphatic hydroxyl groups is 1. The van der Waals surface area contributed by atoms with Crippen molar-refractivity contribution >= 4 is 5.78 Å². The molecule has 0 aliphatic rings. The van der Waals surface area contributed by atoms with Crippen LogP contribution in [0.3, 0.4) is 0 Å². The van der Waals surface area contributed by atoms with Crippen LogP contribution in [0.2, 0.25) is 0 Å². The standard InChI is InChI=1S/C10H21NO2/c1-4-11(7-5-9(2)12)8-6-10(3)13/h9,12H,4-8H2,1-3H3. The van der Waals surface area contributed by atoms with Crippen molar-refractivity contribution in [2.45, 2.75) is 39.7 Å². The minimum Gasteiger partial charge on any atom is -0.393 e. The fourth-order valence-corrected chi connectivity index (χ4v) is 1.11. The second kappa shape index (κ2) is 7.04. The normalized spacial score (nSPS) is 13.3. The Labute approximate surface area is 80.7 Å². The lowest BCUT2D eigenvalue weighted by atomic mass is 10.2. The van der Waals surface area contributed by atoms with Crippen molar-refractivity contribution < 1.29 is 9.90 Å². The van der Waals surface area contributed by atoms with E-state index in [-0.39, 0.29) is 11.9 Å². The Bertz CT molecular complexity index is 146. The summed E-state index contributed by atoms with van der Waals surface area (Å²) in [5.74, 6) is 0.232. The topological polar surface area (TPSA) is 40.5 Å². The molecule has 0 radical (unpaired) electrons. The molecule has 1 N–H and O–H groups in total.